The molecule has 1 atom stereocenters. The van der Waals surface area contributed by atoms with E-state index < -0.39 is 22.0 Å². The molecular weight excluding hydrogens is 302 g/mol. The topological polar surface area (TPSA) is 83.7 Å². The van der Waals surface area contributed by atoms with E-state index in [4.69, 9.17) is 5.73 Å². The molecule has 22 heavy (non-hydrogen) atoms. The highest BCUT2D eigenvalue weighted by Crippen LogP contribution is 2.22. The first kappa shape index (κ1) is 16.9. The summed E-state index contributed by atoms with van der Waals surface area (Å²) in [5.41, 5.74) is 6.40. The normalized spacial score (nSPS) is 19.0. The average molecular weight is 325 g/mol. The Morgan fingerprint density at radius 3 is 2.27 bits per heavy atom. The molecule has 0 spiro atoms. The van der Waals surface area contributed by atoms with Gasteiger partial charge in [0, 0.05) is 26.2 Å². The van der Waals surface area contributed by atoms with Gasteiger partial charge in [0.25, 0.3) is 0 Å². The molecule has 0 bridgehead atoms. The highest BCUT2D eigenvalue weighted by molar-refractivity contribution is 7.89. The predicted molar refractivity (Wildman–Crippen MR) is 85.6 cm³/mol. The largest absolute Gasteiger partial charge is 0.368 e. The fourth-order valence-electron chi connectivity index (χ4n) is 2.82. The zero-order valence-electron chi connectivity index (χ0n) is 12.8. The molecule has 2 rings (SSSR count). The molecule has 1 aromatic rings. The van der Waals surface area contributed by atoms with E-state index in [0.29, 0.717) is 32.6 Å². The van der Waals surface area contributed by atoms with Crippen molar-refractivity contribution in [2.75, 3.05) is 31.9 Å². The molecule has 0 aliphatic carbocycles. The summed E-state index contributed by atoms with van der Waals surface area (Å²) in [6, 6.07) is 8.86. The molecule has 0 saturated carbocycles. The zero-order chi connectivity index (χ0) is 16.2. The maximum atomic E-state index is 12.1. The lowest BCUT2D eigenvalue weighted by Gasteiger charge is -2.37. The van der Waals surface area contributed by atoms with Crippen LogP contribution in [0.3, 0.4) is 0 Å². The van der Waals surface area contributed by atoms with E-state index in [-0.39, 0.29) is 5.75 Å². The monoisotopic (exact) mass is 325 g/mol. The second-order valence-electron chi connectivity index (χ2n) is 5.47. The molecule has 0 unspecified atom stereocenters. The van der Waals surface area contributed by atoms with E-state index in [0.717, 1.165) is 5.56 Å². The third kappa shape index (κ3) is 3.85. The van der Waals surface area contributed by atoms with Crippen LogP contribution in [0.1, 0.15) is 24.9 Å². The number of sulfonamides is 1. The van der Waals surface area contributed by atoms with Crippen LogP contribution in [0.5, 0.6) is 0 Å². The predicted octanol–water partition coefficient (Wildman–Crippen LogP) is 0.570. The highest BCUT2D eigenvalue weighted by Gasteiger charge is 2.32. The number of piperazine rings is 1. The summed E-state index contributed by atoms with van der Waals surface area (Å²) in [5.74, 6) is -0.235. The first-order valence-electron chi connectivity index (χ1n) is 7.52. The van der Waals surface area contributed by atoms with Crippen LogP contribution in [-0.2, 0) is 14.8 Å². The quantitative estimate of drug-likeness (QED) is 0.829. The standard InChI is InChI=1S/C15H23N3O3S/c1-2-12-22(20,21)18-10-8-17(9-11-18)14(15(16)19)13-6-4-3-5-7-13/h3-7,14H,2,8-12H2,1H3,(H2,16,19)/t14-/m0/s1. The van der Waals surface area contributed by atoms with E-state index in [9.17, 15) is 13.2 Å². The van der Waals surface area contributed by atoms with E-state index >= 15 is 0 Å². The second kappa shape index (κ2) is 7.21. The van der Waals surface area contributed by atoms with Crippen molar-refractivity contribution in [3.8, 4) is 0 Å². The van der Waals surface area contributed by atoms with Crippen LogP contribution in [0.15, 0.2) is 30.3 Å². The summed E-state index contributed by atoms with van der Waals surface area (Å²) in [6.45, 7) is 3.67. The fraction of sp³-hybridized carbons (Fsp3) is 0.533. The third-order valence-electron chi connectivity index (χ3n) is 3.88. The Hall–Kier alpha value is -1.44. The molecular formula is C15H23N3O3S. The van der Waals surface area contributed by atoms with Gasteiger partial charge in [-0.15, -0.1) is 0 Å². The lowest BCUT2D eigenvalue weighted by Crippen LogP contribution is -2.52. The lowest BCUT2D eigenvalue weighted by molar-refractivity contribution is -0.124. The van der Waals surface area contributed by atoms with Crippen LogP contribution in [-0.4, -0.2) is 55.5 Å². The summed E-state index contributed by atoms with van der Waals surface area (Å²) >= 11 is 0. The summed E-state index contributed by atoms with van der Waals surface area (Å²) in [5, 5.41) is 0. The number of amides is 1. The van der Waals surface area contributed by atoms with Crippen molar-refractivity contribution < 1.29 is 13.2 Å². The molecule has 0 radical (unpaired) electrons. The van der Waals surface area contributed by atoms with E-state index in [1.807, 2.05) is 42.2 Å². The van der Waals surface area contributed by atoms with Crippen LogP contribution >= 0.6 is 0 Å². The van der Waals surface area contributed by atoms with Crippen LogP contribution in [0.4, 0.5) is 0 Å². The Labute approximate surface area is 131 Å². The minimum Gasteiger partial charge on any atom is -0.368 e. The van der Waals surface area contributed by atoms with Crippen LogP contribution in [0, 0.1) is 0 Å². The first-order chi connectivity index (χ1) is 10.5. The van der Waals surface area contributed by atoms with Gasteiger partial charge in [-0.25, -0.2) is 8.42 Å². The molecule has 1 aliphatic heterocycles. The number of hydrogen-bond donors (Lipinski definition) is 1. The molecule has 1 aromatic carbocycles. The zero-order valence-corrected chi connectivity index (χ0v) is 13.6. The van der Waals surface area contributed by atoms with E-state index in [1.165, 1.54) is 4.31 Å². The number of rotatable bonds is 6. The van der Waals surface area contributed by atoms with Gasteiger partial charge in [-0.2, -0.15) is 4.31 Å². The van der Waals surface area contributed by atoms with Gasteiger partial charge in [-0.3, -0.25) is 9.69 Å². The van der Waals surface area contributed by atoms with Crippen molar-refractivity contribution >= 4 is 15.9 Å². The number of carbonyl (C=O) groups excluding carboxylic acids is 1. The van der Waals surface area contributed by atoms with Gasteiger partial charge in [0.15, 0.2) is 0 Å². The van der Waals surface area contributed by atoms with Gasteiger partial charge in [0.2, 0.25) is 15.9 Å². The van der Waals surface area contributed by atoms with E-state index in [1.54, 1.807) is 0 Å². The molecule has 1 fully saturated rings. The molecule has 0 aromatic heterocycles. The second-order valence-corrected chi connectivity index (χ2v) is 7.56. The van der Waals surface area contributed by atoms with Crippen LogP contribution in [0.25, 0.3) is 0 Å². The van der Waals surface area contributed by atoms with Crippen molar-refractivity contribution in [3.05, 3.63) is 35.9 Å². The van der Waals surface area contributed by atoms with Gasteiger partial charge in [-0.05, 0) is 12.0 Å². The lowest BCUT2D eigenvalue weighted by atomic mass is 10.0. The van der Waals surface area contributed by atoms with Gasteiger partial charge in [0.05, 0.1) is 5.75 Å². The number of primary amides is 1. The Bertz CT molecular complexity index is 596. The fourth-order valence-corrected chi connectivity index (χ4v) is 4.31. The average Bonchev–Trinajstić information content (AvgIpc) is 2.49. The van der Waals surface area contributed by atoms with Gasteiger partial charge in [0.1, 0.15) is 6.04 Å². The molecule has 1 amide bonds. The summed E-state index contributed by atoms with van der Waals surface area (Å²) in [7, 11) is -3.18. The number of hydrogen-bond acceptors (Lipinski definition) is 4. The maximum Gasteiger partial charge on any atom is 0.239 e. The van der Waals surface area contributed by atoms with Gasteiger partial charge in [-0.1, -0.05) is 37.3 Å². The number of nitrogens with zero attached hydrogens (tertiary/aromatic N) is 2. The molecule has 6 nitrogen and oxygen atoms in total. The van der Waals surface area contributed by atoms with Gasteiger partial charge < -0.3 is 5.73 Å². The third-order valence-corrected chi connectivity index (χ3v) is 5.95. The molecule has 122 valence electrons. The maximum absolute atomic E-state index is 12.1. The van der Waals surface area contributed by atoms with Crippen molar-refractivity contribution in [3.63, 3.8) is 0 Å². The molecule has 1 heterocycles. The molecule has 7 heteroatoms. The van der Waals surface area contributed by atoms with Crippen molar-refractivity contribution in [1.29, 1.82) is 0 Å². The van der Waals surface area contributed by atoms with Crippen molar-refractivity contribution in [2.24, 2.45) is 5.73 Å². The minimum atomic E-state index is -3.18. The summed E-state index contributed by atoms with van der Waals surface area (Å²) in [4.78, 5) is 13.8. The van der Waals surface area contributed by atoms with Crippen molar-refractivity contribution in [2.45, 2.75) is 19.4 Å². The SMILES string of the molecule is CCCS(=O)(=O)N1CCN([C@H](C(N)=O)c2ccccc2)CC1. The number of benzene rings is 1. The molecule has 1 aliphatic rings. The Balaban J connectivity index is 2.08. The Kier molecular flexibility index (Phi) is 5.55. The summed E-state index contributed by atoms with van der Waals surface area (Å²) < 4.78 is 25.7. The smallest absolute Gasteiger partial charge is 0.239 e. The van der Waals surface area contributed by atoms with Crippen LogP contribution in [0.2, 0.25) is 0 Å². The Morgan fingerprint density at radius 1 is 1.18 bits per heavy atom. The molecule has 2 N–H and O–H groups in total. The summed E-state index contributed by atoms with van der Waals surface area (Å²) in [6.07, 6.45) is 0.608. The highest BCUT2D eigenvalue weighted by atomic mass is 32.2. The van der Waals surface area contributed by atoms with Crippen molar-refractivity contribution in [1.82, 2.24) is 9.21 Å². The first-order valence-corrected chi connectivity index (χ1v) is 9.12. The molecule has 1 saturated heterocycles. The van der Waals surface area contributed by atoms with E-state index in [2.05, 4.69) is 0 Å². The number of carbonyl (C=O) groups is 1. The van der Waals surface area contributed by atoms with Gasteiger partial charge >= 0.3 is 0 Å². The van der Waals surface area contributed by atoms with Crippen LogP contribution < -0.4 is 5.73 Å². The Morgan fingerprint density at radius 2 is 1.77 bits per heavy atom. The minimum absolute atomic E-state index is 0.172. The number of nitrogens with two attached hydrogens (primary N) is 1.